The fourth-order valence-electron chi connectivity index (χ4n) is 3.39. The summed E-state index contributed by atoms with van der Waals surface area (Å²) in [6, 6.07) is 8.15. The summed E-state index contributed by atoms with van der Waals surface area (Å²) in [5.41, 5.74) is 1.02. The van der Waals surface area contributed by atoms with E-state index in [0.717, 1.165) is 0 Å². The van der Waals surface area contributed by atoms with Gasteiger partial charge in [-0.3, -0.25) is 19.8 Å². The number of anilines is 2. The molecule has 9 nitrogen and oxygen atoms in total. The zero-order valence-corrected chi connectivity index (χ0v) is 20.8. The van der Waals surface area contributed by atoms with Crippen LogP contribution in [0.25, 0.3) is 0 Å². The maximum Gasteiger partial charge on any atom is 0.326 e. The normalized spacial score (nSPS) is 11.6. The smallest absolute Gasteiger partial charge is 0.326 e. The molecule has 0 unspecified atom stereocenters. The first-order valence-corrected chi connectivity index (χ1v) is 11.0. The van der Waals surface area contributed by atoms with Gasteiger partial charge in [0.15, 0.2) is 0 Å². The molecule has 0 heterocycles. The standard InChI is InChI=1S/C25H33N3O6/c1-8-34-21(29)15-27(23(31)26-16-9-11-17(12-10-16)28(32)33)18-13-19(24(2,3)4)22(30)20(14-18)25(5,6)7/h9-14,30H,8,15H2,1-7H3,(H,26,31). The number of non-ortho nitro benzene ring substituents is 1. The number of phenols is 1. The number of nitrogens with one attached hydrogen (secondary N) is 1. The lowest BCUT2D eigenvalue weighted by Gasteiger charge is -2.31. The molecule has 9 heteroatoms. The van der Waals surface area contributed by atoms with Gasteiger partial charge in [-0.1, -0.05) is 41.5 Å². The highest BCUT2D eigenvalue weighted by Gasteiger charge is 2.30. The first-order chi connectivity index (χ1) is 15.6. The van der Waals surface area contributed by atoms with Crippen molar-refractivity contribution < 1.29 is 24.4 Å². The van der Waals surface area contributed by atoms with Crippen molar-refractivity contribution in [1.82, 2.24) is 0 Å². The van der Waals surface area contributed by atoms with E-state index >= 15 is 0 Å². The third-order valence-electron chi connectivity index (χ3n) is 5.19. The molecule has 2 N–H and O–H groups in total. The van der Waals surface area contributed by atoms with Crippen molar-refractivity contribution >= 4 is 29.1 Å². The van der Waals surface area contributed by atoms with E-state index in [9.17, 15) is 24.8 Å². The van der Waals surface area contributed by atoms with E-state index in [2.05, 4.69) is 5.32 Å². The van der Waals surface area contributed by atoms with E-state index in [4.69, 9.17) is 4.74 Å². The van der Waals surface area contributed by atoms with Gasteiger partial charge >= 0.3 is 12.0 Å². The van der Waals surface area contributed by atoms with Gasteiger partial charge in [0, 0.05) is 34.6 Å². The van der Waals surface area contributed by atoms with E-state index in [1.54, 1.807) is 19.1 Å². The van der Waals surface area contributed by atoms with Crippen LogP contribution in [-0.2, 0) is 20.4 Å². The van der Waals surface area contributed by atoms with E-state index in [-0.39, 0.29) is 24.6 Å². The fourth-order valence-corrected chi connectivity index (χ4v) is 3.39. The minimum absolute atomic E-state index is 0.107. The Morgan fingerprint density at radius 1 is 1.03 bits per heavy atom. The van der Waals surface area contributed by atoms with Gasteiger partial charge in [-0.15, -0.1) is 0 Å². The van der Waals surface area contributed by atoms with Crippen molar-refractivity contribution in [3.63, 3.8) is 0 Å². The van der Waals surface area contributed by atoms with Crippen LogP contribution in [0.5, 0.6) is 5.75 Å². The average Bonchev–Trinajstić information content (AvgIpc) is 2.71. The minimum atomic E-state index is -0.618. The van der Waals surface area contributed by atoms with Crippen LogP contribution in [0.4, 0.5) is 21.9 Å². The van der Waals surface area contributed by atoms with Crippen molar-refractivity contribution in [2.45, 2.75) is 59.3 Å². The summed E-state index contributed by atoms with van der Waals surface area (Å²) >= 11 is 0. The Bertz CT molecular complexity index is 1030. The molecule has 0 saturated carbocycles. The molecule has 0 aliphatic heterocycles. The monoisotopic (exact) mass is 471 g/mol. The molecule has 2 amide bonds. The van der Waals surface area contributed by atoms with Crippen molar-refractivity contribution in [3.05, 3.63) is 57.6 Å². The molecule has 2 rings (SSSR count). The zero-order valence-electron chi connectivity index (χ0n) is 20.8. The first kappa shape index (κ1) is 26.6. The average molecular weight is 472 g/mol. The second-order valence-electron chi connectivity index (χ2n) is 10.0. The molecule has 0 saturated heterocycles. The number of phenolic OH excluding ortho intramolecular Hbond substituents is 1. The molecule has 0 spiro atoms. The molecule has 0 aliphatic carbocycles. The zero-order chi connectivity index (χ0) is 25.8. The number of benzene rings is 2. The molecule has 0 aromatic heterocycles. The number of amides is 2. The molecule has 34 heavy (non-hydrogen) atoms. The van der Waals surface area contributed by atoms with Crippen molar-refractivity contribution in [2.24, 2.45) is 0 Å². The van der Waals surface area contributed by atoms with Gasteiger partial charge in [0.05, 0.1) is 11.5 Å². The maximum absolute atomic E-state index is 13.3. The third kappa shape index (κ3) is 6.46. The molecule has 0 fully saturated rings. The van der Waals surface area contributed by atoms with Crippen molar-refractivity contribution in [1.29, 1.82) is 0 Å². The van der Waals surface area contributed by atoms with Gasteiger partial charge in [-0.05, 0) is 42.0 Å². The molecular formula is C25H33N3O6. The lowest BCUT2D eigenvalue weighted by atomic mass is 9.79. The highest BCUT2D eigenvalue weighted by molar-refractivity contribution is 6.04. The number of nitrogens with zero attached hydrogens (tertiary/aromatic N) is 2. The van der Waals surface area contributed by atoms with Gasteiger partial charge in [0.2, 0.25) is 0 Å². The molecule has 2 aromatic carbocycles. The number of hydrogen-bond donors (Lipinski definition) is 2. The number of carbonyl (C=O) groups is 2. The lowest BCUT2D eigenvalue weighted by Crippen LogP contribution is -2.40. The number of urea groups is 1. The fraction of sp³-hybridized carbons (Fsp3) is 0.440. The topological polar surface area (TPSA) is 122 Å². The highest BCUT2D eigenvalue weighted by Crippen LogP contribution is 2.42. The molecule has 2 aromatic rings. The summed E-state index contributed by atoms with van der Waals surface area (Å²) in [7, 11) is 0. The first-order valence-electron chi connectivity index (χ1n) is 11.0. The summed E-state index contributed by atoms with van der Waals surface area (Å²) in [4.78, 5) is 37.3. The van der Waals surface area contributed by atoms with E-state index < -0.39 is 27.8 Å². The van der Waals surface area contributed by atoms with E-state index in [0.29, 0.717) is 22.5 Å². The highest BCUT2D eigenvalue weighted by atomic mass is 16.6. The predicted octanol–water partition coefficient (Wildman–Crippen LogP) is 5.50. The van der Waals surface area contributed by atoms with Crippen LogP contribution in [0.3, 0.4) is 0 Å². The van der Waals surface area contributed by atoms with Crippen LogP contribution in [0.2, 0.25) is 0 Å². The second kappa shape index (κ2) is 10.1. The molecule has 0 bridgehead atoms. The Kier molecular flexibility index (Phi) is 7.92. The molecule has 0 aliphatic rings. The van der Waals surface area contributed by atoms with Crippen LogP contribution in [0, 0.1) is 10.1 Å². The number of aromatic hydroxyl groups is 1. The maximum atomic E-state index is 13.3. The van der Waals surface area contributed by atoms with Gasteiger partial charge in [0.25, 0.3) is 5.69 Å². The Hall–Kier alpha value is -3.62. The second-order valence-corrected chi connectivity index (χ2v) is 10.0. The van der Waals surface area contributed by atoms with Crippen LogP contribution < -0.4 is 10.2 Å². The number of ether oxygens (including phenoxy) is 1. The predicted molar refractivity (Wildman–Crippen MR) is 132 cm³/mol. The molecular weight excluding hydrogens is 438 g/mol. The summed E-state index contributed by atoms with van der Waals surface area (Å²) in [5.74, 6) is -0.445. The van der Waals surface area contributed by atoms with Crippen molar-refractivity contribution in [2.75, 3.05) is 23.4 Å². The number of esters is 1. The summed E-state index contributed by atoms with van der Waals surface area (Å²) in [6.07, 6.45) is 0. The Morgan fingerprint density at radius 2 is 1.53 bits per heavy atom. The van der Waals surface area contributed by atoms with E-state index in [1.165, 1.54) is 29.2 Å². The number of carbonyl (C=O) groups excluding carboxylic acids is 2. The minimum Gasteiger partial charge on any atom is -0.507 e. The van der Waals surface area contributed by atoms with Crippen LogP contribution in [-0.4, -0.2) is 35.2 Å². The van der Waals surface area contributed by atoms with Gasteiger partial charge in [-0.2, -0.15) is 0 Å². The lowest BCUT2D eigenvalue weighted by molar-refractivity contribution is -0.384. The van der Waals surface area contributed by atoms with Gasteiger partial charge < -0.3 is 15.2 Å². The Morgan fingerprint density at radius 3 is 1.94 bits per heavy atom. The number of nitro benzene ring substituents is 1. The quantitative estimate of drug-likeness (QED) is 0.326. The summed E-state index contributed by atoms with van der Waals surface area (Å²) in [5, 5.41) is 24.6. The van der Waals surface area contributed by atoms with Crippen LogP contribution >= 0.6 is 0 Å². The Balaban J connectivity index is 2.57. The van der Waals surface area contributed by atoms with Crippen molar-refractivity contribution in [3.8, 4) is 5.75 Å². The molecule has 0 radical (unpaired) electrons. The molecule has 184 valence electrons. The third-order valence-corrected chi connectivity index (χ3v) is 5.19. The van der Waals surface area contributed by atoms with Gasteiger partial charge in [0.1, 0.15) is 12.3 Å². The SMILES string of the molecule is CCOC(=O)CN(C(=O)Nc1ccc([N+](=O)[O-])cc1)c1cc(C(C)(C)C)c(O)c(C(C)(C)C)c1. The number of hydrogen-bond acceptors (Lipinski definition) is 6. The largest absolute Gasteiger partial charge is 0.507 e. The van der Waals surface area contributed by atoms with Crippen LogP contribution in [0.1, 0.15) is 59.6 Å². The van der Waals surface area contributed by atoms with Crippen LogP contribution in [0.15, 0.2) is 36.4 Å². The molecule has 0 atom stereocenters. The van der Waals surface area contributed by atoms with Gasteiger partial charge in [-0.25, -0.2) is 4.79 Å². The van der Waals surface area contributed by atoms with E-state index in [1.807, 2.05) is 41.5 Å². The Labute approximate surface area is 199 Å². The number of rotatable bonds is 6. The summed E-state index contributed by atoms with van der Waals surface area (Å²) in [6.45, 7) is 13.2. The number of nitro groups is 1. The summed E-state index contributed by atoms with van der Waals surface area (Å²) < 4.78 is 5.07.